The number of halogens is 1. The number of carbonyl (C=O) groups excluding carboxylic acids is 1. The van der Waals surface area contributed by atoms with Gasteiger partial charge in [-0.25, -0.2) is 4.79 Å². The summed E-state index contributed by atoms with van der Waals surface area (Å²) in [5.74, 6) is -0.435. The van der Waals surface area contributed by atoms with E-state index in [0.29, 0.717) is 17.3 Å². The summed E-state index contributed by atoms with van der Waals surface area (Å²) >= 11 is 5.74. The lowest BCUT2D eigenvalue weighted by atomic mass is 10.4. The molecule has 4 nitrogen and oxygen atoms in total. The summed E-state index contributed by atoms with van der Waals surface area (Å²) in [5.41, 5.74) is 0.306. The highest BCUT2D eigenvalue weighted by Gasteiger charge is 2.14. The number of rotatable bonds is 2. The van der Waals surface area contributed by atoms with E-state index in [2.05, 4.69) is 5.10 Å². The molecular weight excluding hydrogens is 180 g/mol. The second-order valence-corrected chi connectivity index (χ2v) is 2.55. The highest BCUT2D eigenvalue weighted by Crippen LogP contribution is 2.14. The van der Waals surface area contributed by atoms with Crippen molar-refractivity contribution >= 4 is 17.6 Å². The molecular formula is C7H9ClN2O2. The average molecular weight is 189 g/mol. The van der Waals surface area contributed by atoms with Gasteiger partial charge in [0.1, 0.15) is 10.7 Å². The van der Waals surface area contributed by atoms with E-state index in [9.17, 15) is 4.79 Å². The molecule has 66 valence electrons. The Bertz CT molecular complexity index is 296. The van der Waals surface area contributed by atoms with Crippen LogP contribution < -0.4 is 0 Å². The zero-order valence-corrected chi connectivity index (χ0v) is 7.63. The number of esters is 1. The number of hydrogen-bond donors (Lipinski definition) is 0. The van der Waals surface area contributed by atoms with E-state index in [1.807, 2.05) is 0 Å². The normalized spacial score (nSPS) is 9.92. The van der Waals surface area contributed by atoms with Gasteiger partial charge < -0.3 is 4.74 Å². The maximum atomic E-state index is 11.1. The molecule has 0 atom stereocenters. The van der Waals surface area contributed by atoms with E-state index in [0.717, 1.165) is 0 Å². The first-order chi connectivity index (χ1) is 5.66. The van der Waals surface area contributed by atoms with Gasteiger partial charge in [-0.05, 0) is 6.92 Å². The van der Waals surface area contributed by atoms with Gasteiger partial charge in [0.05, 0.1) is 12.8 Å². The third kappa shape index (κ3) is 1.58. The average Bonchev–Trinajstić information content (AvgIpc) is 2.34. The molecule has 0 spiro atoms. The number of nitrogens with zero attached hydrogens (tertiary/aromatic N) is 2. The molecule has 1 heterocycles. The van der Waals surface area contributed by atoms with Gasteiger partial charge in [0.2, 0.25) is 0 Å². The van der Waals surface area contributed by atoms with Crippen LogP contribution in [0.2, 0.25) is 5.15 Å². The van der Waals surface area contributed by atoms with Gasteiger partial charge in [0.25, 0.3) is 0 Å². The molecule has 0 bridgehead atoms. The third-order valence-electron chi connectivity index (χ3n) is 1.36. The number of carbonyl (C=O) groups is 1. The Morgan fingerprint density at radius 1 is 1.83 bits per heavy atom. The van der Waals surface area contributed by atoms with Crippen LogP contribution in [-0.4, -0.2) is 22.4 Å². The molecule has 0 unspecified atom stereocenters. The van der Waals surface area contributed by atoms with Crippen molar-refractivity contribution in [1.29, 1.82) is 0 Å². The molecule has 0 aliphatic carbocycles. The van der Waals surface area contributed by atoms with Crippen molar-refractivity contribution < 1.29 is 9.53 Å². The van der Waals surface area contributed by atoms with E-state index in [-0.39, 0.29) is 0 Å². The Hall–Kier alpha value is -1.03. The molecule has 5 heteroatoms. The van der Waals surface area contributed by atoms with Crippen molar-refractivity contribution in [2.24, 2.45) is 7.05 Å². The van der Waals surface area contributed by atoms with E-state index in [4.69, 9.17) is 16.3 Å². The third-order valence-corrected chi connectivity index (χ3v) is 1.81. The zero-order valence-electron chi connectivity index (χ0n) is 6.87. The van der Waals surface area contributed by atoms with Crippen LogP contribution in [0.3, 0.4) is 0 Å². The van der Waals surface area contributed by atoms with Crippen molar-refractivity contribution in [2.75, 3.05) is 6.61 Å². The Morgan fingerprint density at radius 2 is 2.50 bits per heavy atom. The van der Waals surface area contributed by atoms with Crippen LogP contribution in [0, 0.1) is 0 Å². The van der Waals surface area contributed by atoms with E-state index < -0.39 is 5.97 Å². The SMILES string of the molecule is CCOC(=O)c1cnn(C)c1Cl. The maximum absolute atomic E-state index is 11.1. The van der Waals surface area contributed by atoms with Crippen LogP contribution in [0.25, 0.3) is 0 Å². The fourth-order valence-electron chi connectivity index (χ4n) is 0.768. The van der Waals surface area contributed by atoms with Crippen molar-refractivity contribution in [2.45, 2.75) is 6.92 Å². The fourth-order valence-corrected chi connectivity index (χ4v) is 0.938. The molecule has 0 saturated heterocycles. The molecule has 1 aromatic rings. The van der Waals surface area contributed by atoms with Crippen LogP contribution >= 0.6 is 11.6 Å². The summed E-state index contributed by atoms with van der Waals surface area (Å²) in [6, 6.07) is 0. The highest BCUT2D eigenvalue weighted by molar-refractivity contribution is 6.32. The van der Waals surface area contributed by atoms with Crippen molar-refractivity contribution in [1.82, 2.24) is 9.78 Å². The Morgan fingerprint density at radius 3 is 2.92 bits per heavy atom. The van der Waals surface area contributed by atoms with E-state index in [1.54, 1.807) is 14.0 Å². The zero-order chi connectivity index (χ0) is 9.14. The minimum absolute atomic E-state index is 0.299. The highest BCUT2D eigenvalue weighted by atomic mass is 35.5. The summed E-state index contributed by atoms with van der Waals surface area (Å²) in [5, 5.41) is 4.10. The second kappa shape index (κ2) is 3.58. The lowest BCUT2D eigenvalue weighted by Gasteiger charge is -1.98. The largest absolute Gasteiger partial charge is 0.462 e. The van der Waals surface area contributed by atoms with Crippen LogP contribution in [0.1, 0.15) is 17.3 Å². The van der Waals surface area contributed by atoms with Gasteiger partial charge in [-0.2, -0.15) is 5.10 Å². The summed E-state index contributed by atoms with van der Waals surface area (Å²) in [6.45, 7) is 2.08. The minimum Gasteiger partial charge on any atom is -0.462 e. The first-order valence-electron chi connectivity index (χ1n) is 3.51. The lowest BCUT2D eigenvalue weighted by molar-refractivity contribution is 0.0526. The van der Waals surface area contributed by atoms with E-state index in [1.165, 1.54) is 10.9 Å². The number of ether oxygens (including phenoxy) is 1. The van der Waals surface area contributed by atoms with Crippen LogP contribution in [-0.2, 0) is 11.8 Å². The number of aryl methyl sites for hydroxylation is 1. The standard InChI is InChI=1S/C7H9ClN2O2/c1-3-12-7(11)5-4-9-10(2)6(5)8/h4H,3H2,1-2H3. The molecule has 0 aromatic carbocycles. The predicted molar refractivity (Wildman–Crippen MR) is 44.2 cm³/mol. The molecule has 1 aromatic heterocycles. The van der Waals surface area contributed by atoms with Crippen molar-refractivity contribution in [3.63, 3.8) is 0 Å². The smallest absolute Gasteiger partial charge is 0.342 e. The van der Waals surface area contributed by atoms with Gasteiger partial charge in [0, 0.05) is 7.05 Å². The van der Waals surface area contributed by atoms with Gasteiger partial charge in [-0.15, -0.1) is 0 Å². The Kier molecular flexibility index (Phi) is 2.70. The molecule has 0 aliphatic rings. The summed E-state index contributed by atoms with van der Waals surface area (Å²) in [7, 11) is 1.66. The molecule has 1 rings (SSSR count). The lowest BCUT2D eigenvalue weighted by Crippen LogP contribution is -2.04. The second-order valence-electron chi connectivity index (χ2n) is 2.19. The quantitative estimate of drug-likeness (QED) is 0.657. The van der Waals surface area contributed by atoms with Crippen LogP contribution in [0.15, 0.2) is 6.20 Å². The minimum atomic E-state index is -0.435. The van der Waals surface area contributed by atoms with Gasteiger partial charge in [-0.1, -0.05) is 11.6 Å². The molecule has 12 heavy (non-hydrogen) atoms. The van der Waals surface area contributed by atoms with E-state index >= 15 is 0 Å². The molecule has 0 N–H and O–H groups in total. The Labute approximate surface area is 75.1 Å². The van der Waals surface area contributed by atoms with Crippen molar-refractivity contribution in [3.05, 3.63) is 16.9 Å². The summed E-state index contributed by atoms with van der Waals surface area (Å²) in [6.07, 6.45) is 1.39. The predicted octanol–water partition coefficient (Wildman–Crippen LogP) is 1.25. The molecule has 0 saturated carbocycles. The molecule has 0 aliphatic heterocycles. The molecule has 0 fully saturated rings. The monoisotopic (exact) mass is 188 g/mol. The van der Waals surface area contributed by atoms with Crippen LogP contribution in [0.5, 0.6) is 0 Å². The molecule has 0 radical (unpaired) electrons. The molecule has 0 amide bonds. The maximum Gasteiger partial charge on any atom is 0.342 e. The number of aromatic nitrogens is 2. The first kappa shape index (κ1) is 9.06. The van der Waals surface area contributed by atoms with Crippen molar-refractivity contribution in [3.8, 4) is 0 Å². The van der Waals surface area contributed by atoms with Crippen LogP contribution in [0.4, 0.5) is 0 Å². The summed E-state index contributed by atoms with van der Waals surface area (Å²) < 4.78 is 6.16. The van der Waals surface area contributed by atoms with Gasteiger partial charge in [-0.3, -0.25) is 4.68 Å². The number of hydrogen-bond acceptors (Lipinski definition) is 3. The summed E-state index contributed by atoms with van der Waals surface area (Å²) in [4.78, 5) is 11.1. The fraction of sp³-hybridized carbons (Fsp3) is 0.429. The Balaban J connectivity index is 2.88. The topological polar surface area (TPSA) is 44.1 Å². The van der Waals surface area contributed by atoms with Gasteiger partial charge >= 0.3 is 5.97 Å². The van der Waals surface area contributed by atoms with Gasteiger partial charge in [0.15, 0.2) is 0 Å². The first-order valence-corrected chi connectivity index (χ1v) is 3.89.